The van der Waals surface area contributed by atoms with Gasteiger partial charge in [-0.2, -0.15) is 0 Å². The Labute approximate surface area is 123 Å². The Balaban J connectivity index is 1.75. The highest BCUT2D eigenvalue weighted by molar-refractivity contribution is 5.92. The van der Waals surface area contributed by atoms with Gasteiger partial charge in [0.15, 0.2) is 0 Å². The van der Waals surface area contributed by atoms with E-state index in [1.165, 1.54) is 19.3 Å². The van der Waals surface area contributed by atoms with Crippen LogP contribution in [0, 0.1) is 0 Å². The van der Waals surface area contributed by atoms with Crippen LogP contribution in [0.5, 0.6) is 0 Å². The zero-order valence-corrected chi connectivity index (χ0v) is 11.8. The maximum Gasteiger partial charge on any atom is 0.225 e. The maximum absolute atomic E-state index is 4.76. The molecule has 1 N–H and O–H groups in total. The molecule has 0 spiro atoms. The van der Waals surface area contributed by atoms with Crippen molar-refractivity contribution in [3.63, 3.8) is 0 Å². The highest BCUT2D eigenvalue weighted by Crippen LogP contribution is 2.27. The van der Waals surface area contributed by atoms with Crippen LogP contribution in [-0.4, -0.2) is 33.0 Å². The van der Waals surface area contributed by atoms with Crippen LogP contribution in [0.1, 0.15) is 19.3 Å². The minimum absolute atomic E-state index is 0.838. The molecule has 1 fully saturated rings. The van der Waals surface area contributed by atoms with Crippen molar-refractivity contribution in [1.82, 2.24) is 19.9 Å². The van der Waals surface area contributed by atoms with Gasteiger partial charge in [0.2, 0.25) is 5.95 Å². The van der Waals surface area contributed by atoms with Crippen molar-refractivity contribution in [2.45, 2.75) is 19.3 Å². The standard InChI is InChI=1S/C16H17N5/c1-2-9-21(10-3-1)16-18-8-6-14(20-16)13-11-19-15-12(13)5-4-7-17-15/h4-8,11H,1-3,9-10H2,(H,17,19). The first-order valence-electron chi connectivity index (χ1n) is 7.42. The number of aromatic nitrogens is 4. The summed E-state index contributed by atoms with van der Waals surface area (Å²) in [7, 11) is 0. The first-order chi connectivity index (χ1) is 10.4. The van der Waals surface area contributed by atoms with E-state index < -0.39 is 0 Å². The Morgan fingerprint density at radius 3 is 2.81 bits per heavy atom. The van der Waals surface area contributed by atoms with Crippen molar-refractivity contribution < 1.29 is 0 Å². The molecule has 5 heteroatoms. The summed E-state index contributed by atoms with van der Waals surface area (Å²) in [6, 6.07) is 5.98. The molecule has 106 valence electrons. The third-order valence-electron chi connectivity index (χ3n) is 4.01. The zero-order valence-electron chi connectivity index (χ0n) is 11.8. The molecule has 21 heavy (non-hydrogen) atoms. The molecule has 0 amide bonds. The van der Waals surface area contributed by atoms with Crippen molar-refractivity contribution in [2.24, 2.45) is 0 Å². The number of rotatable bonds is 2. The number of nitrogens with one attached hydrogen (secondary N) is 1. The number of H-pyrrole nitrogens is 1. The van der Waals surface area contributed by atoms with Gasteiger partial charge in [-0.05, 0) is 37.5 Å². The Hall–Kier alpha value is -2.43. The lowest BCUT2D eigenvalue weighted by molar-refractivity contribution is 0.568. The van der Waals surface area contributed by atoms with Crippen LogP contribution in [0.15, 0.2) is 36.8 Å². The van der Waals surface area contributed by atoms with Crippen LogP contribution in [0.25, 0.3) is 22.3 Å². The molecule has 0 aliphatic carbocycles. The molecule has 0 atom stereocenters. The molecule has 1 saturated heterocycles. The van der Waals surface area contributed by atoms with Crippen LogP contribution in [0.3, 0.4) is 0 Å². The van der Waals surface area contributed by atoms with Crippen molar-refractivity contribution >= 4 is 17.0 Å². The van der Waals surface area contributed by atoms with Gasteiger partial charge in [-0.3, -0.25) is 0 Å². The number of fused-ring (bicyclic) bond motifs is 1. The quantitative estimate of drug-likeness (QED) is 0.783. The lowest BCUT2D eigenvalue weighted by atomic mass is 10.1. The van der Waals surface area contributed by atoms with E-state index in [4.69, 9.17) is 4.98 Å². The molecule has 1 aliphatic heterocycles. The SMILES string of the molecule is c1cnc2[nH]cc(-c3ccnc(N4CCCCC4)n3)c2c1. The molecule has 3 aromatic heterocycles. The molecule has 5 nitrogen and oxygen atoms in total. The first-order valence-corrected chi connectivity index (χ1v) is 7.42. The summed E-state index contributed by atoms with van der Waals surface area (Å²) in [4.78, 5) is 19.0. The number of hydrogen-bond donors (Lipinski definition) is 1. The van der Waals surface area contributed by atoms with Crippen molar-refractivity contribution in [2.75, 3.05) is 18.0 Å². The summed E-state index contributed by atoms with van der Waals surface area (Å²) in [5.41, 5.74) is 2.93. The molecule has 4 heterocycles. The Bertz CT molecular complexity index is 758. The van der Waals surface area contributed by atoms with Gasteiger partial charge in [0, 0.05) is 42.6 Å². The minimum Gasteiger partial charge on any atom is -0.345 e. The normalized spacial score (nSPS) is 15.5. The average molecular weight is 279 g/mol. The predicted molar refractivity (Wildman–Crippen MR) is 83.2 cm³/mol. The second kappa shape index (κ2) is 5.16. The molecule has 4 rings (SSSR count). The van der Waals surface area contributed by atoms with Crippen LogP contribution in [0.4, 0.5) is 5.95 Å². The monoisotopic (exact) mass is 279 g/mol. The molecule has 1 aliphatic rings. The molecule has 0 saturated carbocycles. The topological polar surface area (TPSA) is 57.7 Å². The lowest BCUT2D eigenvalue weighted by Crippen LogP contribution is -2.30. The van der Waals surface area contributed by atoms with Crippen molar-refractivity contribution in [3.8, 4) is 11.3 Å². The van der Waals surface area contributed by atoms with Gasteiger partial charge in [-0.25, -0.2) is 15.0 Å². The number of hydrogen-bond acceptors (Lipinski definition) is 4. The summed E-state index contributed by atoms with van der Waals surface area (Å²) < 4.78 is 0. The predicted octanol–water partition coefficient (Wildman–Crippen LogP) is 3.01. The first kappa shape index (κ1) is 12.3. The van der Waals surface area contributed by atoms with Gasteiger partial charge in [-0.15, -0.1) is 0 Å². The largest absolute Gasteiger partial charge is 0.345 e. The lowest BCUT2D eigenvalue weighted by Gasteiger charge is -2.26. The van der Waals surface area contributed by atoms with E-state index in [-0.39, 0.29) is 0 Å². The van der Waals surface area contributed by atoms with Gasteiger partial charge in [0.1, 0.15) is 5.65 Å². The van der Waals surface area contributed by atoms with E-state index in [9.17, 15) is 0 Å². The fourth-order valence-electron chi connectivity index (χ4n) is 2.91. The second-order valence-electron chi connectivity index (χ2n) is 5.39. The summed E-state index contributed by atoms with van der Waals surface area (Å²) >= 11 is 0. The highest BCUT2D eigenvalue weighted by atomic mass is 15.2. The number of piperidine rings is 1. The smallest absolute Gasteiger partial charge is 0.225 e. The fraction of sp³-hybridized carbons (Fsp3) is 0.312. The summed E-state index contributed by atoms with van der Waals surface area (Å²) in [6.07, 6.45) is 9.38. The second-order valence-corrected chi connectivity index (χ2v) is 5.39. The molecule has 0 aromatic carbocycles. The van der Waals surface area contributed by atoms with E-state index in [0.29, 0.717) is 0 Å². The van der Waals surface area contributed by atoms with Crippen molar-refractivity contribution in [3.05, 3.63) is 36.8 Å². The minimum atomic E-state index is 0.838. The molecule has 0 unspecified atom stereocenters. The number of pyridine rings is 1. The van der Waals surface area contributed by atoms with Gasteiger partial charge in [-0.1, -0.05) is 0 Å². The van der Waals surface area contributed by atoms with Crippen LogP contribution >= 0.6 is 0 Å². The summed E-state index contributed by atoms with van der Waals surface area (Å²) in [6.45, 7) is 2.11. The Morgan fingerprint density at radius 2 is 1.90 bits per heavy atom. The molecule has 3 aromatic rings. The van der Waals surface area contributed by atoms with E-state index in [1.54, 1.807) is 6.20 Å². The van der Waals surface area contributed by atoms with E-state index in [2.05, 4.69) is 25.9 Å². The Morgan fingerprint density at radius 1 is 1.00 bits per heavy atom. The summed E-state index contributed by atoms with van der Waals surface area (Å²) in [5.74, 6) is 0.838. The van der Waals surface area contributed by atoms with Crippen LogP contribution in [0.2, 0.25) is 0 Å². The van der Waals surface area contributed by atoms with E-state index >= 15 is 0 Å². The van der Waals surface area contributed by atoms with Crippen LogP contribution in [-0.2, 0) is 0 Å². The third kappa shape index (κ3) is 2.24. The molecular formula is C16H17N5. The maximum atomic E-state index is 4.76. The number of nitrogens with zero attached hydrogens (tertiary/aromatic N) is 4. The van der Waals surface area contributed by atoms with E-state index in [1.807, 2.05) is 24.5 Å². The van der Waals surface area contributed by atoms with Gasteiger partial charge in [0.25, 0.3) is 0 Å². The molecule has 0 bridgehead atoms. The number of anilines is 1. The molecule has 0 radical (unpaired) electrons. The van der Waals surface area contributed by atoms with Gasteiger partial charge in [0.05, 0.1) is 5.69 Å². The van der Waals surface area contributed by atoms with Gasteiger partial charge >= 0.3 is 0 Å². The fourth-order valence-corrected chi connectivity index (χ4v) is 2.91. The highest BCUT2D eigenvalue weighted by Gasteiger charge is 2.15. The van der Waals surface area contributed by atoms with Crippen molar-refractivity contribution in [1.29, 1.82) is 0 Å². The Kier molecular flexibility index (Phi) is 3.03. The third-order valence-corrected chi connectivity index (χ3v) is 4.01. The number of aromatic amines is 1. The van der Waals surface area contributed by atoms with E-state index in [0.717, 1.165) is 41.3 Å². The van der Waals surface area contributed by atoms with Gasteiger partial charge < -0.3 is 9.88 Å². The molecular weight excluding hydrogens is 262 g/mol. The average Bonchev–Trinajstić information content (AvgIpc) is 3.00. The van der Waals surface area contributed by atoms with Crippen LogP contribution < -0.4 is 4.90 Å². The zero-order chi connectivity index (χ0) is 14.1. The summed E-state index contributed by atoms with van der Waals surface area (Å²) in [5, 5.41) is 1.10.